The van der Waals surface area contributed by atoms with Crippen LogP contribution < -0.4 is 4.74 Å². The number of hydrogen-bond acceptors (Lipinski definition) is 4. The highest BCUT2D eigenvalue weighted by Crippen LogP contribution is 2.28. The Hall–Kier alpha value is -3.17. The number of carboxylic acid groups (broad SMARTS) is 1. The number of nitrogens with one attached hydrogen (secondary N) is 1. The zero-order valence-corrected chi connectivity index (χ0v) is 13.9. The third-order valence-electron chi connectivity index (χ3n) is 3.29. The zero-order valence-electron chi connectivity index (χ0n) is 13.1. The van der Waals surface area contributed by atoms with Gasteiger partial charge in [-0.15, -0.1) is 6.42 Å². The van der Waals surface area contributed by atoms with Gasteiger partial charge in [0.05, 0.1) is 11.0 Å². The largest absolute Gasteiger partial charge is 0.481 e. The molecular formula is C19H14N2O3S. The van der Waals surface area contributed by atoms with Crippen molar-refractivity contribution in [3.63, 3.8) is 0 Å². The number of aliphatic carboxylic acids is 1. The SMILES string of the molecule is C#CCOc1ccc(/C=C(\Sc2nc3ccccc3[nH]2)C(=O)O)cc1. The molecule has 0 spiro atoms. The van der Waals surface area contributed by atoms with Crippen LogP contribution in [0.1, 0.15) is 5.56 Å². The first-order valence-electron chi connectivity index (χ1n) is 7.39. The molecular weight excluding hydrogens is 336 g/mol. The molecule has 1 aromatic heterocycles. The normalized spacial score (nSPS) is 11.2. The van der Waals surface area contributed by atoms with Gasteiger partial charge >= 0.3 is 5.97 Å². The molecule has 25 heavy (non-hydrogen) atoms. The molecule has 2 N–H and O–H groups in total. The lowest BCUT2D eigenvalue weighted by atomic mass is 10.2. The number of aromatic nitrogens is 2. The van der Waals surface area contributed by atoms with Crippen molar-refractivity contribution in [3.8, 4) is 18.1 Å². The fraction of sp³-hybridized carbons (Fsp3) is 0.0526. The van der Waals surface area contributed by atoms with Crippen molar-refractivity contribution < 1.29 is 14.6 Å². The summed E-state index contributed by atoms with van der Waals surface area (Å²) in [4.78, 5) is 19.2. The Morgan fingerprint density at radius 1 is 1.28 bits per heavy atom. The maximum atomic E-state index is 11.6. The topological polar surface area (TPSA) is 75.2 Å². The van der Waals surface area contributed by atoms with Gasteiger partial charge in [0.15, 0.2) is 5.16 Å². The number of rotatable bonds is 6. The summed E-state index contributed by atoms with van der Waals surface area (Å²) in [5.74, 6) is 2.01. The quantitative estimate of drug-likeness (QED) is 0.402. The van der Waals surface area contributed by atoms with E-state index in [0.717, 1.165) is 28.4 Å². The summed E-state index contributed by atoms with van der Waals surface area (Å²) in [6, 6.07) is 14.6. The van der Waals surface area contributed by atoms with Gasteiger partial charge < -0.3 is 14.8 Å². The molecule has 5 nitrogen and oxygen atoms in total. The number of benzene rings is 2. The number of para-hydroxylation sites is 2. The summed E-state index contributed by atoms with van der Waals surface area (Å²) < 4.78 is 5.30. The summed E-state index contributed by atoms with van der Waals surface area (Å²) >= 11 is 1.07. The van der Waals surface area contributed by atoms with E-state index in [2.05, 4.69) is 15.9 Å². The molecule has 0 aliphatic heterocycles. The smallest absolute Gasteiger partial charge is 0.342 e. The van der Waals surface area contributed by atoms with Gasteiger partial charge in [0.25, 0.3) is 0 Å². The molecule has 0 saturated carbocycles. The van der Waals surface area contributed by atoms with Gasteiger partial charge in [-0.25, -0.2) is 9.78 Å². The number of nitrogens with zero attached hydrogens (tertiary/aromatic N) is 1. The van der Waals surface area contributed by atoms with Gasteiger partial charge in [-0.05, 0) is 47.7 Å². The maximum absolute atomic E-state index is 11.6. The molecule has 0 aliphatic carbocycles. The van der Waals surface area contributed by atoms with Crippen LogP contribution in [0.25, 0.3) is 17.1 Å². The van der Waals surface area contributed by atoms with E-state index in [-0.39, 0.29) is 11.5 Å². The molecule has 0 aliphatic rings. The zero-order chi connectivity index (χ0) is 17.6. The number of aromatic amines is 1. The van der Waals surface area contributed by atoms with Crippen molar-refractivity contribution in [3.05, 3.63) is 59.0 Å². The predicted octanol–water partition coefficient (Wildman–Crippen LogP) is 3.79. The average molecular weight is 350 g/mol. The van der Waals surface area contributed by atoms with Crippen LogP contribution in [0.5, 0.6) is 5.75 Å². The van der Waals surface area contributed by atoms with Gasteiger partial charge in [-0.2, -0.15) is 0 Å². The molecule has 0 atom stereocenters. The highest BCUT2D eigenvalue weighted by molar-refractivity contribution is 8.04. The molecule has 124 valence electrons. The predicted molar refractivity (Wildman–Crippen MR) is 98.3 cm³/mol. The molecule has 2 aromatic carbocycles. The molecule has 6 heteroatoms. The van der Waals surface area contributed by atoms with E-state index in [4.69, 9.17) is 11.2 Å². The summed E-state index contributed by atoms with van der Waals surface area (Å²) in [6.45, 7) is 0.192. The lowest BCUT2D eigenvalue weighted by Crippen LogP contribution is -1.97. The average Bonchev–Trinajstić information content (AvgIpc) is 3.03. The standard InChI is InChI=1S/C19H14N2O3S/c1-2-11-24-14-9-7-13(8-10-14)12-17(18(22)23)25-19-20-15-5-3-4-6-16(15)21-19/h1,3-10,12H,11H2,(H,20,21)(H,22,23)/b17-12-. The summed E-state index contributed by atoms with van der Waals surface area (Å²) in [6.07, 6.45) is 6.73. The van der Waals surface area contributed by atoms with Crippen molar-refractivity contribution >= 4 is 34.8 Å². The number of fused-ring (bicyclic) bond motifs is 1. The van der Waals surface area contributed by atoms with E-state index in [9.17, 15) is 9.90 Å². The summed E-state index contributed by atoms with van der Waals surface area (Å²) in [5, 5.41) is 10.00. The molecule has 0 unspecified atom stereocenters. The second kappa shape index (κ2) is 7.60. The van der Waals surface area contributed by atoms with Crippen LogP contribution in [0, 0.1) is 12.3 Å². The molecule has 0 radical (unpaired) electrons. The number of ether oxygens (including phenoxy) is 1. The maximum Gasteiger partial charge on any atom is 0.342 e. The third kappa shape index (κ3) is 4.22. The Kier molecular flexibility index (Phi) is 5.07. The lowest BCUT2D eigenvalue weighted by molar-refractivity contribution is -0.131. The first kappa shape index (κ1) is 16.7. The second-order valence-electron chi connectivity index (χ2n) is 5.04. The van der Waals surface area contributed by atoms with Gasteiger partial charge in [0, 0.05) is 0 Å². The molecule has 1 heterocycles. The van der Waals surface area contributed by atoms with Crippen molar-refractivity contribution in [2.24, 2.45) is 0 Å². The Bertz CT molecular complexity index is 935. The third-order valence-corrected chi connectivity index (χ3v) is 4.18. The van der Waals surface area contributed by atoms with E-state index in [1.165, 1.54) is 0 Å². The Morgan fingerprint density at radius 2 is 2.04 bits per heavy atom. The highest BCUT2D eigenvalue weighted by Gasteiger charge is 2.13. The number of H-pyrrole nitrogens is 1. The second-order valence-corrected chi connectivity index (χ2v) is 6.07. The fourth-order valence-electron chi connectivity index (χ4n) is 2.15. The Labute approximate surface area is 148 Å². The van der Waals surface area contributed by atoms with Crippen LogP contribution in [0.3, 0.4) is 0 Å². The van der Waals surface area contributed by atoms with E-state index in [1.807, 2.05) is 24.3 Å². The molecule has 0 fully saturated rings. The molecule has 0 saturated heterocycles. The van der Waals surface area contributed by atoms with Crippen molar-refractivity contribution in [1.82, 2.24) is 9.97 Å². The number of terminal acetylenes is 1. The van der Waals surface area contributed by atoms with Crippen molar-refractivity contribution in [2.75, 3.05) is 6.61 Å². The molecule has 0 amide bonds. The minimum atomic E-state index is -1.02. The number of imidazole rings is 1. The van der Waals surface area contributed by atoms with Gasteiger partial charge in [-0.3, -0.25) is 0 Å². The minimum Gasteiger partial charge on any atom is -0.481 e. The van der Waals surface area contributed by atoms with Gasteiger partial charge in [0.2, 0.25) is 0 Å². The van der Waals surface area contributed by atoms with Crippen molar-refractivity contribution in [1.29, 1.82) is 0 Å². The number of thioether (sulfide) groups is 1. The number of hydrogen-bond donors (Lipinski definition) is 2. The summed E-state index contributed by atoms with van der Waals surface area (Å²) in [7, 11) is 0. The number of carbonyl (C=O) groups is 1. The fourth-order valence-corrected chi connectivity index (χ4v) is 2.95. The van der Waals surface area contributed by atoms with E-state index < -0.39 is 5.97 Å². The van der Waals surface area contributed by atoms with Gasteiger partial charge in [-0.1, -0.05) is 30.2 Å². The molecule has 0 bridgehead atoms. The van der Waals surface area contributed by atoms with E-state index in [0.29, 0.717) is 10.9 Å². The minimum absolute atomic E-state index is 0.163. The van der Waals surface area contributed by atoms with Crippen LogP contribution >= 0.6 is 11.8 Å². The molecule has 3 aromatic rings. The number of carboxylic acids is 1. The van der Waals surface area contributed by atoms with Crippen LogP contribution in [-0.2, 0) is 4.79 Å². The summed E-state index contributed by atoms with van der Waals surface area (Å²) in [5.41, 5.74) is 2.41. The van der Waals surface area contributed by atoms with Crippen LogP contribution in [-0.4, -0.2) is 27.7 Å². The first-order chi connectivity index (χ1) is 12.2. The van der Waals surface area contributed by atoms with Crippen LogP contribution in [0.15, 0.2) is 58.6 Å². The lowest BCUT2D eigenvalue weighted by Gasteiger charge is -2.03. The monoisotopic (exact) mass is 350 g/mol. The molecule has 3 rings (SSSR count). The van der Waals surface area contributed by atoms with E-state index in [1.54, 1.807) is 30.3 Å². The Morgan fingerprint density at radius 3 is 2.72 bits per heavy atom. The van der Waals surface area contributed by atoms with Crippen molar-refractivity contribution in [2.45, 2.75) is 5.16 Å². The highest BCUT2D eigenvalue weighted by atomic mass is 32.2. The van der Waals surface area contributed by atoms with Gasteiger partial charge in [0.1, 0.15) is 17.3 Å². The van der Waals surface area contributed by atoms with Crippen LogP contribution in [0.4, 0.5) is 0 Å². The van der Waals surface area contributed by atoms with Crippen LogP contribution in [0.2, 0.25) is 0 Å². The Balaban J connectivity index is 1.81. The van der Waals surface area contributed by atoms with E-state index >= 15 is 0 Å². The first-order valence-corrected chi connectivity index (χ1v) is 8.21.